The summed E-state index contributed by atoms with van der Waals surface area (Å²) in [4.78, 5) is 2.16. The highest BCUT2D eigenvalue weighted by molar-refractivity contribution is 6.32. The zero-order valence-electron chi connectivity index (χ0n) is 12.3. The number of phenols is 1. The summed E-state index contributed by atoms with van der Waals surface area (Å²) >= 11 is 5.94. The van der Waals surface area contributed by atoms with Crippen molar-refractivity contribution in [1.82, 2.24) is 4.90 Å². The molecule has 2 rings (SSSR count). The smallest absolute Gasteiger partial charge is 0.134 e. The second-order valence-electron chi connectivity index (χ2n) is 4.91. The number of benzene rings is 2. The van der Waals surface area contributed by atoms with Gasteiger partial charge in [0, 0.05) is 18.7 Å². The molecule has 0 heterocycles. The van der Waals surface area contributed by atoms with Crippen LogP contribution in [0.15, 0.2) is 61.2 Å². The van der Waals surface area contributed by atoms with E-state index in [2.05, 4.69) is 23.3 Å². The summed E-state index contributed by atoms with van der Waals surface area (Å²) in [5.74, 6) is 6.43. The van der Waals surface area contributed by atoms with E-state index in [0.29, 0.717) is 18.1 Å². The van der Waals surface area contributed by atoms with E-state index in [0.717, 1.165) is 17.7 Å². The molecule has 0 spiro atoms. The molecule has 2 aromatic rings. The zero-order chi connectivity index (χ0) is 15.8. The molecule has 0 atom stereocenters. The first-order chi connectivity index (χ1) is 10.7. The Labute approximate surface area is 136 Å². The van der Waals surface area contributed by atoms with Crippen molar-refractivity contribution < 1.29 is 5.11 Å². The Morgan fingerprint density at radius 2 is 1.95 bits per heavy atom. The second kappa shape index (κ2) is 8.29. The Morgan fingerprint density at radius 3 is 2.64 bits per heavy atom. The Hall–Kier alpha value is -2.21. The molecule has 0 amide bonds. The molecular weight excluding hydrogens is 294 g/mol. The highest BCUT2D eigenvalue weighted by atomic mass is 35.5. The summed E-state index contributed by atoms with van der Waals surface area (Å²) < 4.78 is 0. The summed E-state index contributed by atoms with van der Waals surface area (Å²) in [6.07, 6.45) is 1.85. The molecule has 0 aliphatic heterocycles. The number of nitrogens with zero attached hydrogens (tertiary/aromatic N) is 1. The van der Waals surface area contributed by atoms with E-state index in [9.17, 15) is 5.11 Å². The molecule has 0 aliphatic rings. The van der Waals surface area contributed by atoms with Gasteiger partial charge in [-0.15, -0.1) is 6.58 Å². The van der Waals surface area contributed by atoms with E-state index in [1.165, 1.54) is 0 Å². The fourth-order valence-corrected chi connectivity index (χ4v) is 2.25. The van der Waals surface area contributed by atoms with Crippen molar-refractivity contribution in [3.8, 4) is 17.6 Å². The van der Waals surface area contributed by atoms with Crippen LogP contribution in [0, 0.1) is 11.8 Å². The Balaban J connectivity index is 2.02. The molecule has 0 radical (unpaired) electrons. The van der Waals surface area contributed by atoms with Crippen molar-refractivity contribution in [2.75, 3.05) is 13.1 Å². The maximum Gasteiger partial charge on any atom is 0.134 e. The third kappa shape index (κ3) is 4.96. The van der Waals surface area contributed by atoms with Crippen LogP contribution in [0.3, 0.4) is 0 Å². The van der Waals surface area contributed by atoms with Crippen molar-refractivity contribution in [1.29, 1.82) is 0 Å². The van der Waals surface area contributed by atoms with Crippen molar-refractivity contribution in [2.24, 2.45) is 0 Å². The van der Waals surface area contributed by atoms with Gasteiger partial charge < -0.3 is 5.11 Å². The topological polar surface area (TPSA) is 23.5 Å². The van der Waals surface area contributed by atoms with Crippen LogP contribution in [-0.4, -0.2) is 23.1 Å². The zero-order valence-corrected chi connectivity index (χ0v) is 13.1. The third-order valence-electron chi connectivity index (χ3n) is 3.11. The number of rotatable bonds is 5. The van der Waals surface area contributed by atoms with Crippen molar-refractivity contribution in [3.05, 3.63) is 77.3 Å². The normalized spacial score (nSPS) is 10.1. The highest BCUT2D eigenvalue weighted by Gasteiger charge is 2.05. The molecule has 1 N–H and O–H groups in total. The van der Waals surface area contributed by atoms with Gasteiger partial charge in [0.15, 0.2) is 0 Å². The number of hydrogen-bond donors (Lipinski definition) is 1. The summed E-state index contributed by atoms with van der Waals surface area (Å²) in [5.41, 5.74) is 2.04. The lowest BCUT2D eigenvalue weighted by Crippen LogP contribution is -2.23. The Kier molecular flexibility index (Phi) is 6.09. The minimum Gasteiger partial charge on any atom is -0.506 e. The summed E-state index contributed by atoms with van der Waals surface area (Å²) in [6.45, 7) is 5.86. The number of hydrogen-bond acceptors (Lipinski definition) is 2. The molecule has 0 bridgehead atoms. The van der Waals surface area contributed by atoms with Gasteiger partial charge in [0.1, 0.15) is 5.75 Å². The molecule has 0 saturated carbocycles. The Bertz CT molecular complexity index is 686. The van der Waals surface area contributed by atoms with Crippen molar-refractivity contribution in [2.45, 2.75) is 6.54 Å². The first-order valence-corrected chi connectivity index (χ1v) is 7.41. The molecule has 0 aliphatic carbocycles. The molecule has 112 valence electrons. The third-order valence-corrected chi connectivity index (χ3v) is 3.42. The van der Waals surface area contributed by atoms with Crippen LogP contribution in [-0.2, 0) is 6.54 Å². The summed E-state index contributed by atoms with van der Waals surface area (Å²) in [6, 6.07) is 15.2. The molecule has 0 saturated heterocycles. The number of aromatic hydroxyl groups is 1. The minimum absolute atomic E-state index is 0.101. The van der Waals surface area contributed by atoms with Crippen LogP contribution < -0.4 is 0 Å². The monoisotopic (exact) mass is 311 g/mol. The molecule has 22 heavy (non-hydrogen) atoms. The fourth-order valence-electron chi connectivity index (χ4n) is 2.05. The van der Waals surface area contributed by atoms with E-state index in [-0.39, 0.29) is 5.75 Å². The number of halogens is 1. The van der Waals surface area contributed by atoms with E-state index in [1.54, 1.807) is 12.1 Å². The van der Waals surface area contributed by atoms with Crippen LogP contribution in [0.5, 0.6) is 5.75 Å². The van der Waals surface area contributed by atoms with Gasteiger partial charge in [-0.25, -0.2) is 0 Å². The lowest BCUT2D eigenvalue weighted by molar-refractivity contribution is 0.332. The van der Waals surface area contributed by atoms with Gasteiger partial charge in [0.25, 0.3) is 0 Å². The van der Waals surface area contributed by atoms with Crippen molar-refractivity contribution >= 4 is 11.6 Å². The van der Waals surface area contributed by atoms with E-state index in [1.807, 2.05) is 42.5 Å². The maximum absolute atomic E-state index is 9.46. The van der Waals surface area contributed by atoms with Gasteiger partial charge in [0.05, 0.1) is 11.6 Å². The maximum atomic E-state index is 9.46. The standard InChI is InChI=1S/C19H18ClNO/c1-2-12-21(13-6-9-16-7-4-3-5-8-16)15-17-10-11-19(22)18(20)14-17/h2-5,7-8,10-11,14,22H,1,12-13,15H2. The molecule has 0 unspecified atom stereocenters. The molecular formula is C19H18ClNO. The molecule has 3 heteroatoms. The lowest BCUT2D eigenvalue weighted by atomic mass is 10.2. The SMILES string of the molecule is C=CCN(CC#Cc1ccccc1)Cc1ccc(O)c(Cl)c1. The average Bonchev–Trinajstić information content (AvgIpc) is 2.52. The summed E-state index contributed by atoms with van der Waals surface area (Å²) in [5, 5.41) is 9.83. The molecule has 0 fully saturated rings. The first-order valence-electron chi connectivity index (χ1n) is 7.03. The van der Waals surface area contributed by atoms with E-state index in [4.69, 9.17) is 11.6 Å². The van der Waals surface area contributed by atoms with Gasteiger partial charge in [-0.1, -0.05) is 53.8 Å². The van der Waals surface area contributed by atoms with E-state index >= 15 is 0 Å². The van der Waals surface area contributed by atoms with Crippen molar-refractivity contribution in [3.63, 3.8) is 0 Å². The van der Waals surface area contributed by atoms with Gasteiger partial charge in [-0.3, -0.25) is 4.90 Å². The van der Waals surface area contributed by atoms with Gasteiger partial charge in [0.2, 0.25) is 0 Å². The minimum atomic E-state index is 0.101. The van der Waals surface area contributed by atoms with Gasteiger partial charge >= 0.3 is 0 Å². The predicted molar refractivity (Wildman–Crippen MR) is 91.9 cm³/mol. The van der Waals surface area contributed by atoms with Crippen LogP contribution in [0.4, 0.5) is 0 Å². The first kappa shape index (κ1) is 16.2. The summed E-state index contributed by atoms with van der Waals surface area (Å²) in [7, 11) is 0. The molecule has 2 aromatic carbocycles. The van der Waals surface area contributed by atoms with E-state index < -0.39 is 0 Å². The molecule has 2 nitrogen and oxygen atoms in total. The largest absolute Gasteiger partial charge is 0.506 e. The van der Waals surface area contributed by atoms with Crippen LogP contribution in [0.25, 0.3) is 0 Å². The fraction of sp³-hybridized carbons (Fsp3) is 0.158. The second-order valence-corrected chi connectivity index (χ2v) is 5.32. The highest BCUT2D eigenvalue weighted by Crippen LogP contribution is 2.24. The van der Waals surface area contributed by atoms with Gasteiger partial charge in [-0.05, 0) is 29.8 Å². The predicted octanol–water partition coefficient (Wildman–Crippen LogP) is 4.09. The van der Waals surface area contributed by atoms with Gasteiger partial charge in [-0.2, -0.15) is 0 Å². The average molecular weight is 312 g/mol. The van der Waals surface area contributed by atoms with Crippen LogP contribution in [0.2, 0.25) is 5.02 Å². The van der Waals surface area contributed by atoms with Crippen LogP contribution >= 0.6 is 11.6 Å². The quantitative estimate of drug-likeness (QED) is 0.664. The Morgan fingerprint density at radius 1 is 1.18 bits per heavy atom. The molecule has 0 aromatic heterocycles. The lowest BCUT2D eigenvalue weighted by Gasteiger charge is -2.18. The number of phenolic OH excluding ortho intramolecular Hbond substituents is 1. The van der Waals surface area contributed by atoms with Crippen LogP contribution in [0.1, 0.15) is 11.1 Å².